The number of unbranched alkanes of at least 4 members (excludes halogenated alkanes) is 3. The third kappa shape index (κ3) is 19.4. The van der Waals surface area contributed by atoms with Gasteiger partial charge in [-0.25, -0.2) is 4.98 Å². The molecule has 1 heterocycles. The predicted molar refractivity (Wildman–Crippen MR) is 158 cm³/mol. The Labute approximate surface area is 245 Å². The number of nitrogens with zero attached hydrogens (tertiary/aromatic N) is 2. The van der Waals surface area contributed by atoms with Gasteiger partial charge in [-0.1, -0.05) is 36.6 Å². The third-order valence-electron chi connectivity index (χ3n) is 5.53. The molecule has 40 heavy (non-hydrogen) atoms. The number of rotatable bonds is 24. The Morgan fingerprint density at radius 3 is 2.23 bits per heavy atom. The van der Waals surface area contributed by atoms with Crippen molar-refractivity contribution in [3.05, 3.63) is 24.4 Å². The topological polar surface area (TPSA) is 147 Å². The molecule has 0 radical (unpaired) electrons. The highest BCUT2D eigenvalue weighted by molar-refractivity contribution is 8.76. The summed E-state index contributed by atoms with van der Waals surface area (Å²) in [7, 11) is 3.15. The summed E-state index contributed by atoms with van der Waals surface area (Å²) >= 11 is 0. The summed E-state index contributed by atoms with van der Waals surface area (Å²) < 4.78 is 5.01. The summed E-state index contributed by atoms with van der Waals surface area (Å²) in [5.74, 6) is 0.239. The van der Waals surface area contributed by atoms with Crippen LogP contribution in [0.15, 0.2) is 29.4 Å². The highest BCUT2D eigenvalue weighted by Crippen LogP contribution is 2.29. The number of ether oxygens (including phenoxy) is 1. The number of amides is 4. The molecule has 0 saturated carbocycles. The first-order valence-corrected chi connectivity index (χ1v) is 16.1. The van der Waals surface area contributed by atoms with Gasteiger partial charge in [0.1, 0.15) is 24.5 Å². The highest BCUT2D eigenvalue weighted by atomic mass is 33.1. The number of hydrogen-bond acceptors (Lipinski definition) is 9. The molecule has 4 amide bonds. The fourth-order valence-electron chi connectivity index (χ4n) is 3.36. The molecule has 1 aromatic rings. The minimum atomic E-state index is -0.313. The second-order valence-electron chi connectivity index (χ2n) is 8.85. The number of carbonyl (C=O) groups is 5. The SMILES string of the molecule is CCCCC(=O)NCCN(CCNC(=O)CCCCCNC(=O)CCSSc1ccccn1)C(=O)COCC=O. The van der Waals surface area contributed by atoms with Gasteiger partial charge in [0.15, 0.2) is 0 Å². The zero-order valence-corrected chi connectivity index (χ0v) is 25.0. The van der Waals surface area contributed by atoms with Crippen LogP contribution in [0.5, 0.6) is 0 Å². The summed E-state index contributed by atoms with van der Waals surface area (Å²) in [5, 5.41) is 9.44. The minimum absolute atomic E-state index is 0.0167. The van der Waals surface area contributed by atoms with E-state index < -0.39 is 0 Å². The van der Waals surface area contributed by atoms with Gasteiger partial charge in [0.05, 0.1) is 0 Å². The van der Waals surface area contributed by atoms with Crippen molar-refractivity contribution in [2.75, 3.05) is 51.7 Å². The number of hydrogen-bond donors (Lipinski definition) is 3. The molecule has 1 rings (SSSR count). The Balaban J connectivity index is 2.14. The van der Waals surface area contributed by atoms with Gasteiger partial charge in [-0.05, 0) is 42.2 Å². The quantitative estimate of drug-likeness (QED) is 0.0928. The molecule has 1 aromatic heterocycles. The first kappa shape index (κ1) is 35.4. The van der Waals surface area contributed by atoms with Gasteiger partial charge in [0.25, 0.3) is 0 Å². The molecule has 0 unspecified atom stereocenters. The van der Waals surface area contributed by atoms with Crippen molar-refractivity contribution in [1.82, 2.24) is 25.8 Å². The molecule has 0 aliphatic heterocycles. The molecule has 0 spiro atoms. The standard InChI is InChI=1S/C27H43N5O6S2/c1-2-3-9-23(34)29-15-17-32(27(37)22-38-20-19-33)18-16-30-24(35)10-5-4-7-13-28-25(36)12-21-39-40-26-11-6-8-14-31-26/h6,8,11,14,19H,2-5,7,9-10,12-13,15-18,20-22H2,1H3,(H,28,36)(H,29,34)(H,30,35). The van der Waals surface area contributed by atoms with Crippen LogP contribution in [0.25, 0.3) is 0 Å². The fourth-order valence-corrected chi connectivity index (χ4v) is 5.23. The van der Waals surface area contributed by atoms with Gasteiger partial charge in [0.2, 0.25) is 23.6 Å². The monoisotopic (exact) mass is 597 g/mol. The van der Waals surface area contributed by atoms with E-state index in [0.29, 0.717) is 50.8 Å². The van der Waals surface area contributed by atoms with Crippen molar-refractivity contribution < 1.29 is 28.7 Å². The number of carbonyl (C=O) groups excluding carboxylic acids is 5. The smallest absolute Gasteiger partial charge is 0.248 e. The molecular weight excluding hydrogens is 554 g/mol. The lowest BCUT2D eigenvalue weighted by atomic mass is 10.2. The van der Waals surface area contributed by atoms with E-state index in [2.05, 4.69) is 20.9 Å². The van der Waals surface area contributed by atoms with E-state index in [1.807, 2.05) is 25.1 Å². The van der Waals surface area contributed by atoms with Crippen LogP contribution in [-0.4, -0.2) is 91.5 Å². The highest BCUT2D eigenvalue weighted by Gasteiger charge is 2.14. The van der Waals surface area contributed by atoms with Crippen LogP contribution in [0, 0.1) is 0 Å². The number of aromatic nitrogens is 1. The lowest BCUT2D eigenvalue weighted by molar-refractivity contribution is -0.137. The Morgan fingerprint density at radius 2 is 1.57 bits per heavy atom. The maximum absolute atomic E-state index is 12.4. The van der Waals surface area contributed by atoms with Crippen molar-refractivity contribution in [1.29, 1.82) is 0 Å². The maximum atomic E-state index is 12.4. The average Bonchev–Trinajstić information content (AvgIpc) is 2.95. The molecule has 0 atom stereocenters. The zero-order valence-electron chi connectivity index (χ0n) is 23.4. The summed E-state index contributed by atoms with van der Waals surface area (Å²) in [6, 6.07) is 5.73. The van der Waals surface area contributed by atoms with E-state index in [0.717, 1.165) is 30.7 Å². The number of nitrogens with one attached hydrogen (secondary N) is 3. The average molecular weight is 598 g/mol. The largest absolute Gasteiger partial charge is 0.364 e. The van der Waals surface area contributed by atoms with Crippen LogP contribution in [0.4, 0.5) is 0 Å². The predicted octanol–water partition coefficient (Wildman–Crippen LogP) is 2.36. The van der Waals surface area contributed by atoms with Gasteiger partial charge >= 0.3 is 0 Å². The molecule has 0 aromatic carbocycles. The Morgan fingerprint density at radius 1 is 0.900 bits per heavy atom. The molecule has 224 valence electrons. The molecule has 3 N–H and O–H groups in total. The molecule has 0 aliphatic rings. The molecule has 0 bridgehead atoms. The number of pyridine rings is 1. The zero-order chi connectivity index (χ0) is 29.3. The van der Waals surface area contributed by atoms with E-state index in [1.54, 1.807) is 27.8 Å². The second-order valence-corrected chi connectivity index (χ2v) is 11.3. The van der Waals surface area contributed by atoms with Crippen LogP contribution in [0.2, 0.25) is 0 Å². The molecular formula is C27H43N5O6S2. The third-order valence-corrected chi connectivity index (χ3v) is 7.79. The second kappa shape index (κ2) is 24.2. The Kier molecular flexibility index (Phi) is 21.4. The Bertz CT molecular complexity index is 878. The summed E-state index contributed by atoms with van der Waals surface area (Å²) in [6.07, 6.45) is 7.61. The van der Waals surface area contributed by atoms with Gasteiger partial charge in [0, 0.05) is 63.9 Å². The normalized spacial score (nSPS) is 10.5. The van der Waals surface area contributed by atoms with Crippen molar-refractivity contribution >= 4 is 51.5 Å². The molecule has 0 saturated heterocycles. The van der Waals surface area contributed by atoms with Crippen LogP contribution in [0.3, 0.4) is 0 Å². The molecule has 13 heteroatoms. The fraction of sp³-hybridized carbons (Fsp3) is 0.630. The number of aldehydes is 1. The van der Waals surface area contributed by atoms with E-state index in [1.165, 1.54) is 4.90 Å². The van der Waals surface area contributed by atoms with Crippen LogP contribution in [0.1, 0.15) is 58.3 Å². The van der Waals surface area contributed by atoms with Crippen molar-refractivity contribution in [2.24, 2.45) is 0 Å². The van der Waals surface area contributed by atoms with E-state index in [4.69, 9.17) is 4.74 Å². The van der Waals surface area contributed by atoms with Gasteiger partial charge < -0.3 is 30.4 Å². The van der Waals surface area contributed by atoms with Crippen molar-refractivity contribution in [3.63, 3.8) is 0 Å². The maximum Gasteiger partial charge on any atom is 0.248 e. The van der Waals surface area contributed by atoms with Crippen LogP contribution in [-0.2, 0) is 28.7 Å². The van der Waals surface area contributed by atoms with E-state index in [9.17, 15) is 24.0 Å². The van der Waals surface area contributed by atoms with Crippen molar-refractivity contribution in [3.8, 4) is 0 Å². The molecule has 0 fully saturated rings. The summed E-state index contributed by atoms with van der Waals surface area (Å²) in [4.78, 5) is 64.5. The van der Waals surface area contributed by atoms with Gasteiger partial charge in [-0.15, -0.1) is 0 Å². The summed E-state index contributed by atoms with van der Waals surface area (Å²) in [5.41, 5.74) is 0. The Hall–Kier alpha value is -2.64. The first-order chi connectivity index (χ1) is 19.5. The first-order valence-electron chi connectivity index (χ1n) is 13.8. The molecule has 11 nitrogen and oxygen atoms in total. The van der Waals surface area contributed by atoms with Crippen LogP contribution < -0.4 is 16.0 Å². The molecule has 0 aliphatic carbocycles. The van der Waals surface area contributed by atoms with E-state index in [-0.39, 0.29) is 56.5 Å². The van der Waals surface area contributed by atoms with Crippen molar-refractivity contribution in [2.45, 2.75) is 63.3 Å². The minimum Gasteiger partial charge on any atom is -0.364 e. The lowest BCUT2D eigenvalue weighted by Gasteiger charge is -2.23. The summed E-state index contributed by atoms with van der Waals surface area (Å²) in [6.45, 7) is 3.31. The lowest BCUT2D eigenvalue weighted by Crippen LogP contribution is -2.44. The van der Waals surface area contributed by atoms with Gasteiger partial charge in [-0.3, -0.25) is 19.2 Å². The van der Waals surface area contributed by atoms with Gasteiger partial charge in [-0.2, -0.15) is 0 Å². The van der Waals surface area contributed by atoms with Crippen LogP contribution >= 0.6 is 21.6 Å². The van der Waals surface area contributed by atoms with E-state index >= 15 is 0 Å².